The van der Waals surface area contributed by atoms with Gasteiger partial charge in [-0.1, -0.05) is 6.92 Å². The lowest BCUT2D eigenvalue weighted by atomic mass is 9.93. The number of nitrogens with one attached hydrogen (secondary N) is 2. The largest absolute Gasteiger partial charge is 0.328 e. The number of thiazole rings is 1. The number of amides is 1. The van der Waals surface area contributed by atoms with E-state index in [1.54, 1.807) is 11.3 Å². The van der Waals surface area contributed by atoms with Crippen LogP contribution in [-0.4, -0.2) is 15.9 Å². The van der Waals surface area contributed by atoms with Gasteiger partial charge in [-0.25, -0.2) is 4.98 Å². The van der Waals surface area contributed by atoms with Crippen molar-refractivity contribution in [1.82, 2.24) is 9.97 Å². The summed E-state index contributed by atoms with van der Waals surface area (Å²) in [6, 6.07) is 2.84. The number of aromatic amines is 1. The topological polar surface area (TPSA) is 74.8 Å². The molecule has 5 nitrogen and oxygen atoms in total. The van der Waals surface area contributed by atoms with Gasteiger partial charge in [0.05, 0.1) is 11.3 Å². The van der Waals surface area contributed by atoms with Gasteiger partial charge in [-0.05, 0) is 31.2 Å². The summed E-state index contributed by atoms with van der Waals surface area (Å²) in [4.78, 5) is 31.3. The molecule has 0 saturated heterocycles. The van der Waals surface area contributed by atoms with Gasteiger partial charge in [0.2, 0.25) is 5.56 Å². The predicted octanol–water partition coefficient (Wildman–Crippen LogP) is 2.21. The van der Waals surface area contributed by atoms with Crippen LogP contribution < -0.4 is 10.9 Å². The Balaban J connectivity index is 1.76. The maximum Gasteiger partial charge on any atom is 0.258 e. The average Bonchev–Trinajstić information content (AvgIpc) is 2.80. The number of pyridine rings is 1. The highest BCUT2D eigenvalue weighted by Gasteiger charge is 2.20. The Kier molecular flexibility index (Phi) is 3.40. The molecule has 1 unspecified atom stereocenters. The Bertz CT molecular complexity index is 684. The Hall–Kier alpha value is -1.95. The van der Waals surface area contributed by atoms with Gasteiger partial charge < -0.3 is 4.98 Å². The average molecular weight is 289 g/mol. The number of aryl methyl sites for hydroxylation is 1. The summed E-state index contributed by atoms with van der Waals surface area (Å²) in [5.41, 5.74) is 1.32. The quantitative estimate of drug-likeness (QED) is 0.890. The third kappa shape index (κ3) is 2.65. The van der Waals surface area contributed by atoms with Crippen molar-refractivity contribution >= 4 is 22.4 Å². The molecule has 0 spiro atoms. The van der Waals surface area contributed by atoms with Crippen molar-refractivity contribution in [2.75, 3.05) is 5.32 Å². The number of carbonyl (C=O) groups is 1. The summed E-state index contributed by atoms with van der Waals surface area (Å²) in [5.74, 6) is 0.436. The maximum absolute atomic E-state index is 12.0. The van der Waals surface area contributed by atoms with Crippen LogP contribution in [0, 0.1) is 5.92 Å². The molecule has 0 bridgehead atoms. The zero-order valence-electron chi connectivity index (χ0n) is 11.1. The van der Waals surface area contributed by atoms with Crippen LogP contribution in [0.25, 0.3) is 0 Å². The number of carbonyl (C=O) groups excluding carboxylic acids is 1. The van der Waals surface area contributed by atoms with E-state index in [0.717, 1.165) is 25.0 Å². The molecule has 0 radical (unpaired) electrons. The molecule has 0 aliphatic heterocycles. The molecule has 20 heavy (non-hydrogen) atoms. The van der Waals surface area contributed by atoms with E-state index in [0.29, 0.717) is 16.6 Å². The molecule has 1 aliphatic rings. The van der Waals surface area contributed by atoms with Crippen LogP contribution in [0.3, 0.4) is 0 Å². The lowest BCUT2D eigenvalue weighted by Gasteiger charge is -2.15. The predicted molar refractivity (Wildman–Crippen MR) is 78.3 cm³/mol. The minimum absolute atomic E-state index is 0.222. The number of H-pyrrole nitrogens is 1. The summed E-state index contributed by atoms with van der Waals surface area (Å²) >= 11 is 1.55. The summed E-state index contributed by atoms with van der Waals surface area (Å²) < 4.78 is 0. The van der Waals surface area contributed by atoms with Crippen molar-refractivity contribution in [2.24, 2.45) is 5.92 Å². The highest BCUT2D eigenvalue weighted by Crippen LogP contribution is 2.32. The smallest absolute Gasteiger partial charge is 0.258 e. The molecular formula is C14H15N3O2S. The van der Waals surface area contributed by atoms with Crippen molar-refractivity contribution in [1.29, 1.82) is 0 Å². The zero-order chi connectivity index (χ0) is 14.1. The van der Waals surface area contributed by atoms with Gasteiger partial charge in [-0.3, -0.25) is 14.9 Å². The van der Waals surface area contributed by atoms with Gasteiger partial charge in [-0.2, -0.15) is 0 Å². The molecule has 3 rings (SSSR count). The molecule has 1 aliphatic carbocycles. The fourth-order valence-corrected chi connectivity index (χ4v) is 3.48. The second kappa shape index (κ2) is 5.20. The van der Waals surface area contributed by atoms with Crippen molar-refractivity contribution in [3.8, 4) is 0 Å². The standard InChI is InChI=1S/C14H15N3O2S/c1-8-2-4-10-11(6-8)20-14(16-10)17-13(19)9-3-5-12(18)15-7-9/h3,5,7-8H,2,4,6H2,1H3,(H,15,18)(H,16,17,19). The van der Waals surface area contributed by atoms with Crippen LogP contribution in [0.1, 0.15) is 34.3 Å². The van der Waals surface area contributed by atoms with Crippen molar-refractivity contribution in [3.63, 3.8) is 0 Å². The maximum atomic E-state index is 12.0. The molecule has 0 fully saturated rings. The molecule has 2 N–H and O–H groups in total. The number of hydrogen-bond acceptors (Lipinski definition) is 4. The van der Waals surface area contributed by atoms with Crippen molar-refractivity contribution in [3.05, 3.63) is 44.8 Å². The molecule has 1 atom stereocenters. The molecule has 2 aromatic heterocycles. The van der Waals surface area contributed by atoms with E-state index < -0.39 is 0 Å². The first kappa shape index (κ1) is 13.1. The van der Waals surface area contributed by atoms with E-state index in [2.05, 4.69) is 22.2 Å². The first-order chi connectivity index (χ1) is 9.61. The monoisotopic (exact) mass is 289 g/mol. The Morgan fingerprint density at radius 1 is 1.50 bits per heavy atom. The Labute approximate surface area is 120 Å². The number of nitrogens with zero attached hydrogens (tertiary/aromatic N) is 1. The molecule has 2 aromatic rings. The number of hydrogen-bond donors (Lipinski definition) is 2. The van der Waals surface area contributed by atoms with Crippen LogP contribution in [-0.2, 0) is 12.8 Å². The minimum Gasteiger partial charge on any atom is -0.328 e. The van der Waals surface area contributed by atoms with Gasteiger partial charge in [0, 0.05) is 17.1 Å². The van der Waals surface area contributed by atoms with Gasteiger partial charge in [-0.15, -0.1) is 11.3 Å². The van der Waals surface area contributed by atoms with Crippen LogP contribution in [0.2, 0.25) is 0 Å². The SMILES string of the molecule is CC1CCc2nc(NC(=O)c3ccc(=O)[nH]c3)sc2C1. The number of fused-ring (bicyclic) bond motifs is 1. The fourth-order valence-electron chi connectivity index (χ4n) is 2.31. The molecular weight excluding hydrogens is 274 g/mol. The van der Waals surface area contributed by atoms with Crippen LogP contribution in [0.15, 0.2) is 23.1 Å². The van der Waals surface area contributed by atoms with Gasteiger partial charge in [0.25, 0.3) is 5.91 Å². The van der Waals surface area contributed by atoms with Crippen molar-refractivity contribution < 1.29 is 4.79 Å². The van der Waals surface area contributed by atoms with Crippen LogP contribution in [0.5, 0.6) is 0 Å². The van der Waals surface area contributed by atoms with Gasteiger partial charge >= 0.3 is 0 Å². The first-order valence-electron chi connectivity index (χ1n) is 6.60. The molecule has 6 heteroatoms. The van der Waals surface area contributed by atoms with E-state index >= 15 is 0 Å². The van der Waals surface area contributed by atoms with E-state index in [4.69, 9.17) is 0 Å². The summed E-state index contributed by atoms with van der Waals surface area (Å²) in [6.45, 7) is 2.24. The highest BCUT2D eigenvalue weighted by atomic mass is 32.1. The molecule has 0 saturated carbocycles. The second-order valence-corrected chi connectivity index (χ2v) is 6.22. The number of rotatable bonds is 2. The lowest BCUT2D eigenvalue weighted by molar-refractivity contribution is 0.102. The number of anilines is 1. The fraction of sp³-hybridized carbons (Fsp3) is 0.357. The van der Waals surface area contributed by atoms with Gasteiger partial charge in [0.1, 0.15) is 0 Å². The van der Waals surface area contributed by atoms with Crippen LogP contribution >= 0.6 is 11.3 Å². The molecule has 2 heterocycles. The second-order valence-electron chi connectivity index (χ2n) is 5.13. The third-order valence-corrected chi connectivity index (χ3v) is 4.49. The highest BCUT2D eigenvalue weighted by molar-refractivity contribution is 7.15. The summed E-state index contributed by atoms with van der Waals surface area (Å²) in [7, 11) is 0. The minimum atomic E-state index is -0.250. The van der Waals surface area contributed by atoms with Gasteiger partial charge in [0.15, 0.2) is 5.13 Å². The zero-order valence-corrected chi connectivity index (χ0v) is 11.9. The van der Waals surface area contributed by atoms with Crippen molar-refractivity contribution in [2.45, 2.75) is 26.2 Å². The normalized spacial score (nSPS) is 17.6. The Morgan fingerprint density at radius 3 is 3.10 bits per heavy atom. The van der Waals surface area contributed by atoms with E-state index in [1.165, 1.54) is 23.2 Å². The molecule has 0 aromatic carbocycles. The summed E-state index contributed by atoms with van der Waals surface area (Å²) in [5, 5.41) is 3.44. The van der Waals surface area contributed by atoms with Crippen LogP contribution in [0.4, 0.5) is 5.13 Å². The lowest BCUT2D eigenvalue weighted by Crippen LogP contribution is -2.14. The summed E-state index contributed by atoms with van der Waals surface area (Å²) in [6.07, 6.45) is 4.60. The first-order valence-corrected chi connectivity index (χ1v) is 7.42. The van der Waals surface area contributed by atoms with E-state index in [9.17, 15) is 9.59 Å². The number of aromatic nitrogens is 2. The Morgan fingerprint density at radius 2 is 2.35 bits per heavy atom. The van der Waals surface area contributed by atoms with E-state index in [-0.39, 0.29) is 11.5 Å². The molecule has 1 amide bonds. The molecule has 104 valence electrons. The van der Waals surface area contributed by atoms with E-state index in [1.807, 2.05) is 0 Å². The third-order valence-electron chi connectivity index (χ3n) is 3.45.